The molecule has 0 amide bonds. The fourth-order valence-electron chi connectivity index (χ4n) is 2.81. The lowest BCUT2D eigenvalue weighted by Gasteiger charge is -2.12. The molecule has 2 aromatic heterocycles. The molecule has 0 atom stereocenters. The van der Waals surface area contributed by atoms with Crippen LogP contribution in [0.2, 0.25) is 0 Å². The zero-order valence-corrected chi connectivity index (χ0v) is 25.3. The smallest absolute Gasteiger partial charge is 0.230 e. The van der Waals surface area contributed by atoms with Crippen LogP contribution in [-0.2, 0) is 4.74 Å². The molecule has 0 radical (unpaired) electrons. The van der Waals surface area contributed by atoms with E-state index in [0.717, 1.165) is 20.1 Å². The van der Waals surface area contributed by atoms with Crippen LogP contribution in [0.4, 0.5) is 10.3 Å². The van der Waals surface area contributed by atoms with Gasteiger partial charge < -0.3 is 14.2 Å². The normalized spacial score (nSPS) is 11.5. The molecular formula is C22H18Br2N6O3S4. The average Bonchev–Trinajstić information content (AvgIpc) is 3.49. The van der Waals surface area contributed by atoms with Gasteiger partial charge in [-0.15, -0.1) is 10.2 Å². The lowest BCUT2D eigenvalue weighted by Crippen LogP contribution is -2.13. The molecule has 15 heteroatoms. The van der Waals surface area contributed by atoms with Crippen LogP contribution in [0.5, 0.6) is 11.5 Å². The van der Waals surface area contributed by atoms with Crippen molar-refractivity contribution in [1.82, 2.24) is 20.4 Å². The number of hydrogen-bond donors (Lipinski definition) is 2. The lowest BCUT2D eigenvalue weighted by molar-refractivity contribution is 0.0763. The maximum Gasteiger partial charge on any atom is 0.230 e. The molecule has 0 saturated carbocycles. The van der Waals surface area contributed by atoms with Crippen molar-refractivity contribution in [1.29, 1.82) is 0 Å². The van der Waals surface area contributed by atoms with Gasteiger partial charge in [-0.3, -0.25) is 10.2 Å². The summed E-state index contributed by atoms with van der Waals surface area (Å²) in [5.41, 5.74) is 1.63. The van der Waals surface area contributed by atoms with Crippen LogP contribution in [0.1, 0.15) is 11.1 Å². The highest BCUT2D eigenvalue weighted by Crippen LogP contribution is 2.25. The first-order chi connectivity index (χ1) is 18.0. The average molecular weight is 703 g/mol. The minimum Gasteiger partial charge on any atom is -0.490 e. The molecular weight excluding hydrogens is 684 g/mol. The van der Waals surface area contributed by atoms with Crippen molar-refractivity contribution in [3.63, 3.8) is 0 Å². The molecule has 0 aliphatic heterocycles. The SMILES string of the molecule is S=c1[nH]nc(/N=C/c2ccc(Br)cc2OCCOCCOc2cc(Br)ccc2/C=N/c2n[nH]c(=S)s2)s1. The molecule has 2 N–H and O–H groups in total. The molecule has 2 heterocycles. The molecule has 0 aliphatic carbocycles. The Bertz CT molecular complexity index is 1400. The zero-order chi connectivity index (χ0) is 26.0. The Labute approximate surface area is 246 Å². The molecule has 37 heavy (non-hydrogen) atoms. The van der Waals surface area contributed by atoms with Gasteiger partial charge >= 0.3 is 0 Å². The van der Waals surface area contributed by atoms with Crippen LogP contribution >= 0.6 is 79.0 Å². The summed E-state index contributed by atoms with van der Waals surface area (Å²) in [5.74, 6) is 1.35. The van der Waals surface area contributed by atoms with Crippen LogP contribution in [0.25, 0.3) is 0 Å². The first-order valence-corrected chi connectivity index (χ1v) is 14.6. The molecule has 192 valence electrons. The molecule has 0 saturated heterocycles. The summed E-state index contributed by atoms with van der Waals surface area (Å²) >= 11 is 19.6. The number of aromatic amines is 2. The largest absolute Gasteiger partial charge is 0.490 e. The van der Waals surface area contributed by atoms with Gasteiger partial charge in [0.25, 0.3) is 0 Å². The third-order valence-electron chi connectivity index (χ3n) is 4.40. The van der Waals surface area contributed by atoms with Crippen molar-refractivity contribution in [2.75, 3.05) is 26.4 Å². The standard InChI is InChI=1S/C22H18Br2N6O3S4/c23-15-3-1-13(11-25-19-27-29-21(34)36-19)17(9-15)32-7-5-31-6-8-33-18-10-16(24)4-2-14(18)12-26-20-28-30-22(35)37-20/h1-4,9-12H,5-8H2,(H,29,34)(H,30,35)/b25-11+,26-12+. The number of rotatable bonds is 12. The minimum absolute atomic E-state index is 0.364. The second-order valence-corrected chi connectivity index (χ2v) is 12.1. The molecule has 0 aliphatic rings. The number of halogens is 2. The van der Waals surface area contributed by atoms with Gasteiger partial charge in [0.2, 0.25) is 10.3 Å². The van der Waals surface area contributed by atoms with E-state index in [9.17, 15) is 0 Å². The van der Waals surface area contributed by atoms with Crippen molar-refractivity contribution in [3.8, 4) is 11.5 Å². The monoisotopic (exact) mass is 700 g/mol. The maximum atomic E-state index is 5.92. The van der Waals surface area contributed by atoms with Crippen LogP contribution in [-0.4, -0.2) is 59.3 Å². The van der Waals surface area contributed by atoms with Gasteiger partial charge in [-0.2, -0.15) is 0 Å². The number of nitrogens with zero attached hydrogens (tertiary/aromatic N) is 4. The van der Waals surface area contributed by atoms with Crippen molar-refractivity contribution < 1.29 is 14.2 Å². The van der Waals surface area contributed by atoms with E-state index in [1.165, 1.54) is 22.7 Å². The molecule has 2 aromatic carbocycles. The summed E-state index contributed by atoms with van der Waals surface area (Å²) in [4.78, 5) is 8.70. The predicted molar refractivity (Wildman–Crippen MR) is 159 cm³/mol. The summed E-state index contributed by atoms with van der Waals surface area (Å²) in [6, 6.07) is 11.4. The fourth-order valence-corrected chi connectivity index (χ4v) is 4.93. The van der Waals surface area contributed by atoms with E-state index in [-0.39, 0.29) is 0 Å². The second kappa shape index (κ2) is 14.1. The van der Waals surface area contributed by atoms with Gasteiger partial charge in [-0.05, 0) is 60.8 Å². The summed E-state index contributed by atoms with van der Waals surface area (Å²) < 4.78 is 20.5. The Hall–Kier alpha value is -2.14. The van der Waals surface area contributed by atoms with Crippen molar-refractivity contribution in [2.45, 2.75) is 0 Å². The van der Waals surface area contributed by atoms with Crippen LogP contribution < -0.4 is 9.47 Å². The van der Waals surface area contributed by atoms with Gasteiger partial charge in [0.15, 0.2) is 7.91 Å². The first-order valence-electron chi connectivity index (χ1n) is 10.6. The summed E-state index contributed by atoms with van der Waals surface area (Å²) in [7, 11) is 0. The Morgan fingerprint density at radius 2 is 1.22 bits per heavy atom. The molecule has 4 rings (SSSR count). The summed E-state index contributed by atoms with van der Waals surface area (Å²) in [6.07, 6.45) is 3.39. The molecule has 4 aromatic rings. The van der Waals surface area contributed by atoms with Crippen LogP contribution in [0.15, 0.2) is 55.3 Å². The Kier molecular flexibility index (Phi) is 10.7. The first kappa shape index (κ1) is 27.9. The topological polar surface area (TPSA) is 110 Å². The van der Waals surface area contributed by atoms with Crippen molar-refractivity contribution in [3.05, 3.63) is 64.4 Å². The van der Waals surface area contributed by atoms with Gasteiger partial charge in [0, 0.05) is 32.5 Å². The van der Waals surface area contributed by atoms with E-state index in [2.05, 4.69) is 62.2 Å². The molecule has 9 nitrogen and oxygen atoms in total. The van der Waals surface area contributed by atoms with Crippen molar-refractivity contribution in [2.24, 2.45) is 9.98 Å². The number of aliphatic imine (C=N–C) groups is 2. The molecule has 0 spiro atoms. The second-order valence-electron chi connectivity index (χ2n) is 6.98. The van der Waals surface area contributed by atoms with E-state index in [0.29, 0.717) is 56.1 Å². The summed E-state index contributed by atoms with van der Waals surface area (Å²) in [5, 5.41) is 14.6. The quantitative estimate of drug-likeness (QED) is 0.0912. The number of ether oxygens (including phenoxy) is 3. The molecule has 0 unspecified atom stereocenters. The third-order valence-corrected chi connectivity index (χ3v) is 7.38. The van der Waals surface area contributed by atoms with E-state index >= 15 is 0 Å². The van der Waals surface area contributed by atoms with E-state index in [1.807, 2.05) is 36.4 Å². The van der Waals surface area contributed by atoms with Gasteiger partial charge in [-0.1, -0.05) is 54.5 Å². The van der Waals surface area contributed by atoms with E-state index in [1.54, 1.807) is 12.4 Å². The lowest BCUT2D eigenvalue weighted by atomic mass is 10.2. The Balaban J connectivity index is 1.24. The van der Waals surface area contributed by atoms with Gasteiger partial charge in [0.05, 0.1) is 13.2 Å². The minimum atomic E-state index is 0.364. The highest BCUT2D eigenvalue weighted by atomic mass is 79.9. The Morgan fingerprint density at radius 1 is 0.757 bits per heavy atom. The number of nitrogens with one attached hydrogen (secondary N) is 2. The Morgan fingerprint density at radius 3 is 1.62 bits per heavy atom. The van der Waals surface area contributed by atoms with Crippen LogP contribution in [0, 0.1) is 7.91 Å². The number of hydrogen-bond acceptors (Lipinski definition) is 11. The van der Waals surface area contributed by atoms with E-state index in [4.69, 9.17) is 38.6 Å². The van der Waals surface area contributed by atoms with Gasteiger partial charge in [0.1, 0.15) is 24.7 Å². The van der Waals surface area contributed by atoms with Gasteiger partial charge in [-0.25, -0.2) is 9.98 Å². The molecule has 0 bridgehead atoms. The highest BCUT2D eigenvalue weighted by Gasteiger charge is 2.06. The highest BCUT2D eigenvalue weighted by molar-refractivity contribution is 9.10. The number of benzene rings is 2. The van der Waals surface area contributed by atoms with Crippen LogP contribution in [0.3, 0.4) is 0 Å². The number of aromatic nitrogens is 4. The zero-order valence-electron chi connectivity index (χ0n) is 18.8. The fraction of sp³-hybridized carbons (Fsp3) is 0.182. The number of H-pyrrole nitrogens is 2. The summed E-state index contributed by atoms with van der Waals surface area (Å²) in [6.45, 7) is 1.51. The van der Waals surface area contributed by atoms with E-state index < -0.39 is 0 Å². The van der Waals surface area contributed by atoms with Crippen molar-refractivity contribution >= 4 is 102 Å². The molecule has 0 fully saturated rings. The predicted octanol–water partition coefficient (Wildman–Crippen LogP) is 7.22. The maximum absolute atomic E-state index is 5.92. The third kappa shape index (κ3) is 8.98.